The number of benzene rings is 8. The summed E-state index contributed by atoms with van der Waals surface area (Å²) in [5.41, 5.74) is 0.715. The van der Waals surface area contributed by atoms with Crippen molar-refractivity contribution in [3.8, 4) is 62.1 Å². The fourth-order valence-electron chi connectivity index (χ4n) is 6.95. The van der Waals surface area contributed by atoms with E-state index in [-0.39, 0.29) is 39.3 Å². The number of para-hydroxylation sites is 3. The van der Waals surface area contributed by atoms with Gasteiger partial charge in [0.05, 0.1) is 33.0 Å². The van der Waals surface area contributed by atoms with Crippen LogP contribution < -0.4 is 0 Å². The molecule has 0 atom stereocenters. The van der Waals surface area contributed by atoms with Gasteiger partial charge in [-0.05, 0) is 70.7 Å². The highest BCUT2D eigenvalue weighted by atomic mass is 16.3. The molecule has 5 heteroatoms. The predicted octanol–water partition coefficient (Wildman–Crippen LogP) is 13.2. The highest BCUT2D eigenvalue weighted by molar-refractivity contribution is 6.13. The van der Waals surface area contributed by atoms with E-state index in [1.165, 1.54) is 0 Å². The van der Waals surface area contributed by atoms with E-state index in [4.69, 9.17) is 29.0 Å². The van der Waals surface area contributed by atoms with Crippen molar-refractivity contribution in [2.75, 3.05) is 0 Å². The average Bonchev–Trinajstić information content (AvgIpc) is 3.94. The summed E-state index contributed by atoms with van der Waals surface area (Å²) in [6.07, 6.45) is 0. The third-order valence-electron chi connectivity index (χ3n) is 9.52. The lowest BCUT2D eigenvalue weighted by molar-refractivity contribution is 0.669. The van der Waals surface area contributed by atoms with E-state index in [9.17, 15) is 12.3 Å². The molecule has 0 aliphatic rings. The predicted molar refractivity (Wildman–Crippen MR) is 229 cm³/mol. The Kier molecular flexibility index (Phi) is 4.57. The van der Waals surface area contributed by atoms with Gasteiger partial charge in [-0.2, -0.15) is 0 Å². The first-order valence-corrected chi connectivity index (χ1v) is 17.5. The highest BCUT2D eigenvalue weighted by Gasteiger charge is 2.21. The van der Waals surface area contributed by atoms with Crippen LogP contribution >= 0.6 is 0 Å². The Morgan fingerprint density at radius 1 is 0.411 bits per heavy atom. The van der Waals surface area contributed by atoms with Gasteiger partial charge in [0.2, 0.25) is 0 Å². The SMILES string of the molecule is [2H]c1c([2H])c([2H])c(-c2c([2H])c([2H])c(-n3c4c([2H])c([2H])c([2H])c([2H])c4c4c([2H])c([2H])c([2H])c(-c5nc(-c6cccc(-c7ccccc7)c6)nc(-c6ccc7c(c6)oc6ccccc67)n5)c43)c([2H])c2[2H])c([2H])c1[2H]. The summed E-state index contributed by atoms with van der Waals surface area (Å²) in [6.45, 7) is 0. The quantitative estimate of drug-likeness (QED) is 0.171. The molecule has 3 aromatic heterocycles. The third-order valence-corrected chi connectivity index (χ3v) is 9.52. The van der Waals surface area contributed by atoms with Gasteiger partial charge in [0.25, 0.3) is 0 Å². The van der Waals surface area contributed by atoms with E-state index < -0.39 is 119 Å². The summed E-state index contributed by atoms with van der Waals surface area (Å²) < 4.78 is 151. The number of rotatable bonds is 6. The second kappa shape index (κ2) is 13.0. The molecule has 0 saturated heterocycles. The summed E-state index contributed by atoms with van der Waals surface area (Å²) in [4.78, 5) is 14.8. The van der Waals surface area contributed by atoms with E-state index in [0.717, 1.165) is 26.5 Å². The van der Waals surface area contributed by atoms with Gasteiger partial charge in [0, 0.05) is 43.9 Å². The molecule has 0 unspecified atom stereocenters. The van der Waals surface area contributed by atoms with Gasteiger partial charge >= 0.3 is 0 Å². The summed E-state index contributed by atoms with van der Waals surface area (Å²) in [7, 11) is 0. The maximum Gasteiger partial charge on any atom is 0.166 e. The van der Waals surface area contributed by atoms with Gasteiger partial charge in [0.1, 0.15) is 11.2 Å². The van der Waals surface area contributed by atoms with Gasteiger partial charge in [-0.25, -0.2) is 15.0 Å². The molecule has 0 spiro atoms. The minimum Gasteiger partial charge on any atom is -0.456 e. The number of nitrogens with zero attached hydrogens (tertiary/aromatic N) is 4. The monoisotopic (exact) mass is 732 g/mol. The van der Waals surface area contributed by atoms with Crippen molar-refractivity contribution >= 4 is 43.7 Å². The van der Waals surface area contributed by atoms with Crippen molar-refractivity contribution in [1.29, 1.82) is 0 Å². The fraction of sp³-hybridized carbons (Fsp3) is 0. The lowest BCUT2D eigenvalue weighted by Gasteiger charge is -2.13. The molecule has 3 heterocycles. The molecule has 0 saturated carbocycles. The smallest absolute Gasteiger partial charge is 0.166 e. The van der Waals surface area contributed by atoms with E-state index in [1.54, 1.807) is 18.2 Å². The summed E-state index contributed by atoms with van der Waals surface area (Å²) >= 11 is 0. The van der Waals surface area contributed by atoms with Gasteiger partial charge in [0.15, 0.2) is 17.5 Å². The Labute approximate surface area is 345 Å². The van der Waals surface area contributed by atoms with Gasteiger partial charge in [-0.1, -0.05) is 145 Å². The topological polar surface area (TPSA) is 56.7 Å². The van der Waals surface area contributed by atoms with Crippen molar-refractivity contribution < 1.29 is 26.3 Å². The fourth-order valence-corrected chi connectivity index (χ4v) is 6.95. The molecule has 0 N–H and O–H groups in total. The van der Waals surface area contributed by atoms with Crippen molar-refractivity contribution in [3.05, 3.63) is 194 Å². The van der Waals surface area contributed by atoms with Crippen molar-refractivity contribution in [2.24, 2.45) is 0 Å². The molecule has 11 rings (SSSR count). The highest BCUT2D eigenvalue weighted by Crippen LogP contribution is 2.39. The van der Waals surface area contributed by atoms with Crippen LogP contribution in [0.2, 0.25) is 0 Å². The minimum atomic E-state index is -0.878. The lowest BCUT2D eigenvalue weighted by Crippen LogP contribution is -2.02. The number of hydrogen-bond acceptors (Lipinski definition) is 4. The zero-order valence-electron chi connectivity index (χ0n) is 44.9. The van der Waals surface area contributed by atoms with Crippen LogP contribution in [0.4, 0.5) is 0 Å². The Bertz CT molecular complexity index is 4140. The Morgan fingerprint density at radius 2 is 1.07 bits per heavy atom. The van der Waals surface area contributed by atoms with E-state index in [0.29, 0.717) is 22.3 Å². The van der Waals surface area contributed by atoms with Crippen LogP contribution in [0.3, 0.4) is 0 Å². The maximum absolute atomic E-state index is 9.63. The Hall–Kier alpha value is -7.63. The molecule has 5 nitrogen and oxygen atoms in total. The number of aromatic nitrogens is 4. The van der Waals surface area contributed by atoms with Crippen molar-refractivity contribution in [2.45, 2.75) is 0 Å². The van der Waals surface area contributed by atoms with Crippen LogP contribution in [0.15, 0.2) is 198 Å². The summed E-state index contributed by atoms with van der Waals surface area (Å²) in [5.74, 6) is -0.167. The molecule has 0 fully saturated rings. The Balaban J connectivity index is 1.29. The zero-order chi connectivity index (χ0) is 50.9. The van der Waals surface area contributed by atoms with E-state index in [2.05, 4.69) is 0 Å². The van der Waals surface area contributed by atoms with Crippen LogP contribution in [0.1, 0.15) is 21.9 Å². The molecular weight excluding hydrogens is 685 g/mol. The van der Waals surface area contributed by atoms with Gasteiger partial charge < -0.3 is 8.98 Å². The second-order valence-electron chi connectivity index (χ2n) is 12.8. The first-order valence-electron chi connectivity index (χ1n) is 25.5. The molecular formula is C51H32N4O. The first-order chi connectivity index (χ1) is 34.4. The molecule has 0 amide bonds. The van der Waals surface area contributed by atoms with Crippen LogP contribution in [-0.4, -0.2) is 19.5 Å². The normalized spacial score (nSPS) is 15.6. The molecule has 11 aromatic rings. The van der Waals surface area contributed by atoms with Crippen LogP contribution in [-0.2, 0) is 0 Å². The van der Waals surface area contributed by atoms with Crippen molar-refractivity contribution in [1.82, 2.24) is 19.5 Å². The second-order valence-corrected chi connectivity index (χ2v) is 12.8. The molecule has 8 aromatic carbocycles. The molecule has 262 valence electrons. The number of furan rings is 1. The maximum atomic E-state index is 9.63. The van der Waals surface area contributed by atoms with Gasteiger partial charge in [-0.15, -0.1) is 0 Å². The average molecular weight is 733 g/mol. The summed E-state index contributed by atoms with van der Waals surface area (Å²) in [5, 5.41) is 1.01. The van der Waals surface area contributed by atoms with Crippen LogP contribution in [0.25, 0.3) is 106 Å². The summed E-state index contributed by atoms with van der Waals surface area (Å²) in [6, 6.07) is 17.4. The van der Waals surface area contributed by atoms with E-state index in [1.807, 2.05) is 78.9 Å². The molecule has 0 bridgehead atoms. The lowest BCUT2D eigenvalue weighted by atomic mass is 10.0. The number of fused-ring (bicyclic) bond motifs is 6. The van der Waals surface area contributed by atoms with Crippen LogP contribution in [0, 0.1) is 0 Å². The molecule has 0 aliphatic carbocycles. The van der Waals surface area contributed by atoms with Gasteiger partial charge in [-0.3, -0.25) is 0 Å². The molecule has 0 aliphatic heterocycles. The first kappa shape index (κ1) is 19.6. The van der Waals surface area contributed by atoms with Crippen LogP contribution in [0.5, 0.6) is 0 Å². The molecule has 56 heavy (non-hydrogen) atoms. The largest absolute Gasteiger partial charge is 0.456 e. The standard InChI is InChI=1S/C51H32N4O/c1-3-13-33(14-4-1)35-25-28-39(29-26-35)55-45-23-9-7-19-40(45)43-21-12-22-44(48(43)55)51-53-49(37-18-11-17-36(31-37)34-15-5-2-6-16-34)52-50(54-51)38-27-30-42-41-20-8-10-24-46(41)56-47(42)32-38/h1-32H/i1D,3D,4D,7D,9D,12D,13D,14D,19D,21D,22D,23D,25D,26D,28D,29D. The number of hydrogen-bond donors (Lipinski definition) is 0. The zero-order valence-corrected chi connectivity index (χ0v) is 28.9. The third kappa shape index (κ3) is 5.37. The van der Waals surface area contributed by atoms with E-state index >= 15 is 0 Å². The minimum absolute atomic E-state index is 0.0515. The Morgan fingerprint density at radius 3 is 1.93 bits per heavy atom. The molecule has 0 radical (unpaired) electrons. The van der Waals surface area contributed by atoms with Crippen molar-refractivity contribution in [3.63, 3.8) is 0 Å².